The molecule has 6 nitrogen and oxygen atoms in total. The van der Waals surface area contributed by atoms with Gasteiger partial charge in [-0.1, -0.05) is 0 Å². The van der Waals surface area contributed by atoms with Gasteiger partial charge in [-0.25, -0.2) is 8.42 Å². The summed E-state index contributed by atoms with van der Waals surface area (Å²) in [6.07, 6.45) is 0. The lowest BCUT2D eigenvalue weighted by atomic mass is 9.92. The van der Waals surface area contributed by atoms with E-state index in [0.29, 0.717) is 24.6 Å². The van der Waals surface area contributed by atoms with E-state index in [1.54, 1.807) is 17.4 Å². The number of sulfonamides is 1. The van der Waals surface area contributed by atoms with Gasteiger partial charge in [0, 0.05) is 37.6 Å². The minimum atomic E-state index is -3.67. The molecule has 8 heteroatoms. The van der Waals surface area contributed by atoms with Gasteiger partial charge in [0.2, 0.25) is 10.0 Å². The van der Waals surface area contributed by atoms with Gasteiger partial charge in [-0.3, -0.25) is 0 Å². The van der Waals surface area contributed by atoms with Gasteiger partial charge in [-0.15, -0.1) is 0 Å². The zero-order chi connectivity index (χ0) is 18.0. The predicted molar refractivity (Wildman–Crippen MR) is 95.9 cm³/mol. The number of hydrogen-bond donors (Lipinski definition) is 1. The van der Waals surface area contributed by atoms with Gasteiger partial charge >= 0.3 is 0 Å². The third-order valence-electron chi connectivity index (χ3n) is 4.61. The Kier molecular flexibility index (Phi) is 5.33. The van der Waals surface area contributed by atoms with Crippen molar-refractivity contribution in [3.8, 4) is 11.5 Å². The van der Waals surface area contributed by atoms with Crippen LogP contribution in [0, 0.1) is 5.92 Å². The molecule has 2 heterocycles. The van der Waals surface area contributed by atoms with Crippen LogP contribution in [0.15, 0.2) is 39.9 Å². The van der Waals surface area contributed by atoms with Crippen LogP contribution in [-0.2, 0) is 10.0 Å². The fourth-order valence-electron chi connectivity index (χ4n) is 3.20. The topological polar surface area (TPSA) is 76.1 Å². The molecule has 0 amide bonds. The van der Waals surface area contributed by atoms with Crippen molar-refractivity contribution in [3.05, 3.63) is 40.6 Å². The molecule has 1 aromatic carbocycles. The lowest BCUT2D eigenvalue weighted by molar-refractivity contribution is 0.223. The number of methoxy groups -OCH3 is 2. The van der Waals surface area contributed by atoms with Gasteiger partial charge in [0.25, 0.3) is 0 Å². The van der Waals surface area contributed by atoms with Crippen molar-refractivity contribution in [3.63, 3.8) is 0 Å². The van der Waals surface area contributed by atoms with E-state index in [1.165, 1.54) is 30.7 Å². The molecule has 25 heavy (non-hydrogen) atoms. The number of aliphatic hydroxyl groups is 1. The third-order valence-corrected chi connectivity index (χ3v) is 7.14. The molecule has 1 aliphatic rings. The molecule has 2 aromatic rings. The maximum Gasteiger partial charge on any atom is 0.243 e. The smallest absolute Gasteiger partial charge is 0.243 e. The summed E-state index contributed by atoms with van der Waals surface area (Å²) < 4.78 is 37.9. The van der Waals surface area contributed by atoms with Crippen LogP contribution in [0.5, 0.6) is 11.5 Å². The lowest BCUT2D eigenvalue weighted by Gasteiger charge is -2.17. The molecule has 0 saturated carbocycles. The summed E-state index contributed by atoms with van der Waals surface area (Å²) in [6.45, 7) is 0.616. The molecule has 0 spiro atoms. The summed E-state index contributed by atoms with van der Waals surface area (Å²) in [7, 11) is -0.699. The molecular weight excluding hydrogens is 362 g/mol. The highest BCUT2D eigenvalue weighted by Crippen LogP contribution is 2.37. The molecule has 0 radical (unpaired) electrons. The minimum Gasteiger partial charge on any atom is -0.493 e. The highest BCUT2D eigenvalue weighted by molar-refractivity contribution is 7.89. The van der Waals surface area contributed by atoms with Crippen molar-refractivity contribution in [1.82, 2.24) is 4.31 Å². The second kappa shape index (κ2) is 7.33. The fraction of sp³-hybridized carbons (Fsp3) is 0.412. The van der Waals surface area contributed by atoms with E-state index < -0.39 is 10.0 Å². The summed E-state index contributed by atoms with van der Waals surface area (Å²) in [5.41, 5.74) is 1.08. The van der Waals surface area contributed by atoms with Crippen molar-refractivity contribution < 1.29 is 23.0 Å². The quantitative estimate of drug-likeness (QED) is 0.827. The largest absolute Gasteiger partial charge is 0.493 e. The Morgan fingerprint density at radius 3 is 2.56 bits per heavy atom. The number of benzene rings is 1. The Morgan fingerprint density at radius 2 is 1.96 bits per heavy atom. The second-order valence-corrected chi connectivity index (χ2v) is 8.66. The van der Waals surface area contributed by atoms with Gasteiger partial charge in [0.15, 0.2) is 11.5 Å². The number of hydrogen-bond acceptors (Lipinski definition) is 6. The molecule has 1 aliphatic heterocycles. The van der Waals surface area contributed by atoms with E-state index in [0.717, 1.165) is 5.56 Å². The first-order valence-electron chi connectivity index (χ1n) is 7.86. The predicted octanol–water partition coefficient (Wildman–Crippen LogP) is 2.16. The zero-order valence-corrected chi connectivity index (χ0v) is 15.7. The summed E-state index contributed by atoms with van der Waals surface area (Å²) in [4.78, 5) is 0.160. The van der Waals surface area contributed by atoms with Crippen LogP contribution >= 0.6 is 11.3 Å². The molecule has 3 rings (SSSR count). The molecule has 0 aliphatic carbocycles. The van der Waals surface area contributed by atoms with E-state index >= 15 is 0 Å². The normalized spacial score (nSPS) is 21.4. The maximum atomic E-state index is 13.0. The Balaban J connectivity index is 1.90. The molecule has 0 bridgehead atoms. The van der Waals surface area contributed by atoms with Gasteiger partial charge < -0.3 is 14.6 Å². The maximum absolute atomic E-state index is 13.0. The van der Waals surface area contributed by atoms with Gasteiger partial charge in [0.05, 0.1) is 19.1 Å². The first-order valence-corrected chi connectivity index (χ1v) is 10.2. The van der Waals surface area contributed by atoms with Crippen molar-refractivity contribution in [2.45, 2.75) is 10.8 Å². The van der Waals surface area contributed by atoms with Crippen LogP contribution in [0.25, 0.3) is 0 Å². The number of ether oxygens (including phenoxy) is 2. The van der Waals surface area contributed by atoms with Crippen LogP contribution in [0.3, 0.4) is 0 Å². The van der Waals surface area contributed by atoms with Gasteiger partial charge in [-0.05, 0) is 34.5 Å². The summed E-state index contributed by atoms with van der Waals surface area (Å²) in [6, 6.07) is 6.56. The number of thiophene rings is 1. The first-order chi connectivity index (χ1) is 12.0. The van der Waals surface area contributed by atoms with E-state index in [4.69, 9.17) is 9.47 Å². The van der Waals surface area contributed by atoms with Gasteiger partial charge in [-0.2, -0.15) is 15.6 Å². The molecule has 1 fully saturated rings. The van der Waals surface area contributed by atoms with Crippen LogP contribution in [0.4, 0.5) is 0 Å². The molecule has 136 valence electrons. The average molecular weight is 383 g/mol. The Labute approximate surface area is 151 Å². The molecular formula is C17H21NO5S2. The van der Waals surface area contributed by atoms with E-state index in [9.17, 15) is 13.5 Å². The Morgan fingerprint density at radius 1 is 1.20 bits per heavy atom. The van der Waals surface area contributed by atoms with Crippen molar-refractivity contribution in [2.24, 2.45) is 5.92 Å². The second-order valence-electron chi connectivity index (χ2n) is 5.94. The van der Waals surface area contributed by atoms with Crippen LogP contribution in [0.1, 0.15) is 11.5 Å². The van der Waals surface area contributed by atoms with E-state index in [2.05, 4.69) is 0 Å². The third kappa shape index (κ3) is 3.39. The van der Waals surface area contributed by atoms with Crippen molar-refractivity contribution in [2.75, 3.05) is 33.9 Å². The Hall–Kier alpha value is -1.61. The summed E-state index contributed by atoms with van der Waals surface area (Å²) >= 11 is 1.57. The number of nitrogens with zero attached hydrogens (tertiary/aromatic N) is 1. The fourth-order valence-corrected chi connectivity index (χ4v) is 5.47. The highest BCUT2D eigenvalue weighted by atomic mass is 32.2. The monoisotopic (exact) mass is 383 g/mol. The molecule has 1 saturated heterocycles. The van der Waals surface area contributed by atoms with Crippen LogP contribution in [0.2, 0.25) is 0 Å². The van der Waals surface area contributed by atoms with Crippen LogP contribution in [-0.4, -0.2) is 51.7 Å². The molecule has 2 atom stereocenters. The average Bonchev–Trinajstić information content (AvgIpc) is 3.29. The SMILES string of the molecule is COc1ccc(S(=O)(=O)N2C[C@H](CO)[C@H](c3ccsc3)C2)cc1OC. The molecule has 0 unspecified atom stereocenters. The van der Waals surface area contributed by atoms with Crippen LogP contribution < -0.4 is 9.47 Å². The highest BCUT2D eigenvalue weighted by Gasteiger charge is 2.40. The van der Waals surface area contributed by atoms with Crippen molar-refractivity contribution in [1.29, 1.82) is 0 Å². The first kappa shape index (κ1) is 18.2. The number of rotatable bonds is 6. The zero-order valence-electron chi connectivity index (χ0n) is 14.1. The Bertz CT molecular complexity index is 820. The standard InChI is InChI=1S/C17H21NO5S2/c1-22-16-4-3-14(7-17(16)23-2)25(20,21)18-8-13(10-19)15(9-18)12-5-6-24-11-12/h3-7,11,13,15,19H,8-10H2,1-2H3/t13-,15+/m1/s1. The summed E-state index contributed by atoms with van der Waals surface area (Å²) in [5.74, 6) is 0.749. The molecule has 1 aromatic heterocycles. The molecule has 1 N–H and O–H groups in total. The minimum absolute atomic E-state index is 0.00571. The van der Waals surface area contributed by atoms with Gasteiger partial charge in [0.1, 0.15) is 0 Å². The summed E-state index contributed by atoms with van der Waals surface area (Å²) in [5, 5.41) is 13.7. The van der Waals surface area contributed by atoms with E-state index in [1.807, 2.05) is 16.8 Å². The van der Waals surface area contributed by atoms with Crippen molar-refractivity contribution >= 4 is 21.4 Å². The van der Waals surface area contributed by atoms with E-state index in [-0.39, 0.29) is 23.3 Å². The lowest BCUT2D eigenvalue weighted by Crippen LogP contribution is -2.29. The number of aliphatic hydroxyl groups excluding tert-OH is 1.